The van der Waals surface area contributed by atoms with E-state index in [4.69, 9.17) is 9.47 Å². The third-order valence-corrected chi connectivity index (χ3v) is 4.64. The maximum absolute atomic E-state index is 11.3. The highest BCUT2D eigenvalue weighted by Gasteiger charge is 2.17. The first-order valence-corrected chi connectivity index (χ1v) is 9.70. The number of carboxylic acids is 1. The summed E-state index contributed by atoms with van der Waals surface area (Å²) in [6, 6.07) is 0. The van der Waals surface area contributed by atoms with Crippen LogP contribution in [0.2, 0.25) is 0 Å². The Kier molecular flexibility index (Phi) is 12.3. The summed E-state index contributed by atoms with van der Waals surface area (Å²) in [4.78, 5) is 11.3. The van der Waals surface area contributed by atoms with Crippen molar-refractivity contribution in [2.75, 3.05) is 13.2 Å². The number of aliphatic carboxylic acids is 1. The van der Waals surface area contributed by atoms with Gasteiger partial charge in [0.05, 0.1) is 5.92 Å². The predicted molar refractivity (Wildman–Crippen MR) is 92.5 cm³/mol. The fourth-order valence-corrected chi connectivity index (χ4v) is 3.11. The number of ether oxygens (including phenoxy) is 2. The molecule has 1 rings (SSSR count). The van der Waals surface area contributed by atoms with Crippen molar-refractivity contribution < 1.29 is 19.4 Å². The van der Waals surface area contributed by atoms with Crippen LogP contribution in [0.4, 0.5) is 0 Å². The molecule has 0 saturated carbocycles. The predicted octanol–water partition coefficient (Wildman–Crippen LogP) is 5.15. The summed E-state index contributed by atoms with van der Waals surface area (Å²) in [6.45, 7) is 3.71. The molecule has 0 aromatic rings. The standard InChI is InChI=1S/C19H36O4/c1-2-3-4-5-6-7-12-17(19(20)21)13-8-10-15-22-18-14-9-11-16-23-18/h17-18H,2-16H2,1H3,(H,20,21). The van der Waals surface area contributed by atoms with Gasteiger partial charge in [-0.3, -0.25) is 4.79 Å². The maximum atomic E-state index is 11.3. The fraction of sp³-hybridized carbons (Fsp3) is 0.947. The fourth-order valence-electron chi connectivity index (χ4n) is 3.11. The molecule has 0 aromatic carbocycles. The first kappa shape index (κ1) is 20.4. The Morgan fingerprint density at radius 2 is 1.78 bits per heavy atom. The monoisotopic (exact) mass is 328 g/mol. The van der Waals surface area contributed by atoms with Crippen molar-refractivity contribution in [2.24, 2.45) is 5.92 Å². The summed E-state index contributed by atoms with van der Waals surface area (Å²) in [5.41, 5.74) is 0. The van der Waals surface area contributed by atoms with Crippen molar-refractivity contribution in [1.29, 1.82) is 0 Å². The molecular formula is C19H36O4. The number of rotatable bonds is 14. The molecule has 136 valence electrons. The van der Waals surface area contributed by atoms with Crippen molar-refractivity contribution >= 4 is 5.97 Å². The van der Waals surface area contributed by atoms with Crippen LogP contribution in [0.5, 0.6) is 0 Å². The van der Waals surface area contributed by atoms with Crippen LogP contribution in [0.1, 0.15) is 90.4 Å². The van der Waals surface area contributed by atoms with Crippen LogP contribution in [-0.4, -0.2) is 30.6 Å². The molecule has 2 unspecified atom stereocenters. The Hall–Kier alpha value is -0.610. The minimum Gasteiger partial charge on any atom is -0.481 e. The lowest BCUT2D eigenvalue weighted by Gasteiger charge is -2.22. The average molecular weight is 328 g/mol. The number of hydrogen-bond donors (Lipinski definition) is 1. The first-order valence-electron chi connectivity index (χ1n) is 9.70. The molecule has 0 bridgehead atoms. The molecule has 1 saturated heterocycles. The molecule has 0 amide bonds. The van der Waals surface area contributed by atoms with E-state index in [1.807, 2.05) is 0 Å². The zero-order valence-corrected chi connectivity index (χ0v) is 14.9. The quantitative estimate of drug-likeness (QED) is 0.448. The topological polar surface area (TPSA) is 55.8 Å². The SMILES string of the molecule is CCCCCCCCC(CCCCOC1CCCCO1)C(=O)O. The van der Waals surface area contributed by atoms with Crippen LogP contribution in [0, 0.1) is 5.92 Å². The van der Waals surface area contributed by atoms with Gasteiger partial charge in [0.2, 0.25) is 0 Å². The molecule has 0 aliphatic carbocycles. The van der Waals surface area contributed by atoms with Gasteiger partial charge in [0, 0.05) is 13.2 Å². The lowest BCUT2D eigenvalue weighted by Crippen LogP contribution is -2.22. The minimum absolute atomic E-state index is 0.0258. The third kappa shape index (κ3) is 10.7. The number of hydrogen-bond acceptors (Lipinski definition) is 3. The van der Waals surface area contributed by atoms with Gasteiger partial charge in [-0.25, -0.2) is 0 Å². The molecule has 1 aliphatic heterocycles. The normalized spacial score (nSPS) is 19.6. The molecule has 1 heterocycles. The summed E-state index contributed by atoms with van der Waals surface area (Å²) in [6.07, 6.45) is 14.1. The van der Waals surface area contributed by atoms with E-state index in [0.29, 0.717) is 6.61 Å². The van der Waals surface area contributed by atoms with E-state index in [-0.39, 0.29) is 12.2 Å². The van der Waals surface area contributed by atoms with Crippen molar-refractivity contribution in [3.8, 4) is 0 Å². The van der Waals surface area contributed by atoms with E-state index < -0.39 is 5.97 Å². The van der Waals surface area contributed by atoms with Crippen LogP contribution in [0.15, 0.2) is 0 Å². The zero-order valence-electron chi connectivity index (χ0n) is 14.9. The highest BCUT2D eigenvalue weighted by atomic mass is 16.7. The van der Waals surface area contributed by atoms with Gasteiger partial charge in [-0.15, -0.1) is 0 Å². The van der Waals surface area contributed by atoms with Gasteiger partial charge in [-0.05, 0) is 38.5 Å². The minimum atomic E-state index is -0.630. The molecule has 2 atom stereocenters. The summed E-state index contributed by atoms with van der Waals surface area (Å²) in [7, 11) is 0. The number of carboxylic acid groups (broad SMARTS) is 1. The Labute approximate surface area is 141 Å². The smallest absolute Gasteiger partial charge is 0.306 e. The van der Waals surface area contributed by atoms with Gasteiger partial charge in [0.15, 0.2) is 6.29 Å². The second-order valence-corrected chi connectivity index (χ2v) is 6.75. The molecule has 1 aliphatic rings. The van der Waals surface area contributed by atoms with Crippen LogP contribution in [-0.2, 0) is 14.3 Å². The highest BCUT2D eigenvalue weighted by molar-refractivity contribution is 5.69. The summed E-state index contributed by atoms with van der Waals surface area (Å²) in [5, 5.41) is 9.32. The lowest BCUT2D eigenvalue weighted by molar-refractivity contribution is -0.163. The van der Waals surface area contributed by atoms with Gasteiger partial charge in [0.25, 0.3) is 0 Å². The van der Waals surface area contributed by atoms with Gasteiger partial charge in [-0.2, -0.15) is 0 Å². The second-order valence-electron chi connectivity index (χ2n) is 6.75. The molecule has 4 nitrogen and oxygen atoms in total. The molecule has 0 aromatic heterocycles. The molecular weight excluding hydrogens is 292 g/mol. The summed E-state index contributed by atoms with van der Waals surface area (Å²) in [5.74, 6) is -0.804. The highest BCUT2D eigenvalue weighted by Crippen LogP contribution is 2.19. The molecule has 0 radical (unpaired) electrons. The van der Waals surface area contributed by atoms with Crippen molar-refractivity contribution in [2.45, 2.75) is 96.7 Å². The Bertz CT molecular complexity index is 287. The maximum Gasteiger partial charge on any atom is 0.306 e. The summed E-state index contributed by atoms with van der Waals surface area (Å²) >= 11 is 0. The number of unbranched alkanes of at least 4 members (excludes halogenated alkanes) is 6. The van der Waals surface area contributed by atoms with Crippen LogP contribution in [0.25, 0.3) is 0 Å². The van der Waals surface area contributed by atoms with Gasteiger partial charge in [0.1, 0.15) is 0 Å². The Morgan fingerprint density at radius 1 is 1.09 bits per heavy atom. The van der Waals surface area contributed by atoms with Crippen molar-refractivity contribution in [1.82, 2.24) is 0 Å². The van der Waals surface area contributed by atoms with Crippen molar-refractivity contribution in [3.63, 3.8) is 0 Å². The average Bonchev–Trinajstić information content (AvgIpc) is 2.56. The largest absolute Gasteiger partial charge is 0.481 e. The van der Waals surface area contributed by atoms with E-state index in [9.17, 15) is 9.90 Å². The second kappa shape index (κ2) is 13.8. The number of carbonyl (C=O) groups is 1. The molecule has 1 N–H and O–H groups in total. The third-order valence-electron chi connectivity index (χ3n) is 4.64. The molecule has 1 fully saturated rings. The van der Waals surface area contributed by atoms with Crippen LogP contribution in [0.3, 0.4) is 0 Å². The Balaban J connectivity index is 2.00. The molecule has 0 spiro atoms. The van der Waals surface area contributed by atoms with E-state index in [0.717, 1.165) is 51.6 Å². The van der Waals surface area contributed by atoms with E-state index >= 15 is 0 Å². The van der Waals surface area contributed by atoms with Gasteiger partial charge >= 0.3 is 5.97 Å². The lowest BCUT2D eigenvalue weighted by atomic mass is 9.95. The first-order chi connectivity index (χ1) is 11.2. The molecule has 4 heteroatoms. The van der Waals surface area contributed by atoms with E-state index in [1.54, 1.807) is 0 Å². The van der Waals surface area contributed by atoms with Crippen LogP contribution >= 0.6 is 0 Å². The Morgan fingerprint density at radius 3 is 2.43 bits per heavy atom. The molecule has 23 heavy (non-hydrogen) atoms. The van der Waals surface area contributed by atoms with Gasteiger partial charge < -0.3 is 14.6 Å². The van der Waals surface area contributed by atoms with Gasteiger partial charge in [-0.1, -0.05) is 51.9 Å². The van der Waals surface area contributed by atoms with E-state index in [2.05, 4.69) is 6.92 Å². The van der Waals surface area contributed by atoms with E-state index in [1.165, 1.54) is 38.5 Å². The van der Waals surface area contributed by atoms with Crippen LogP contribution < -0.4 is 0 Å². The zero-order chi connectivity index (χ0) is 16.8. The summed E-state index contributed by atoms with van der Waals surface area (Å²) < 4.78 is 11.2. The van der Waals surface area contributed by atoms with Crippen molar-refractivity contribution in [3.05, 3.63) is 0 Å².